The van der Waals surface area contributed by atoms with E-state index in [2.05, 4.69) is 15.2 Å². The molecule has 1 atom stereocenters. The summed E-state index contributed by atoms with van der Waals surface area (Å²) >= 11 is 6.22. The van der Waals surface area contributed by atoms with Crippen molar-refractivity contribution < 1.29 is 37.0 Å². The Hall–Kier alpha value is -3.42. The lowest BCUT2D eigenvalue weighted by molar-refractivity contribution is -0.175. The first-order valence-electron chi connectivity index (χ1n) is 12.2. The molecule has 15 heteroatoms. The zero-order valence-corrected chi connectivity index (χ0v) is 22.1. The summed E-state index contributed by atoms with van der Waals surface area (Å²) < 4.78 is 60.2. The topological polar surface area (TPSA) is 112 Å². The molecule has 2 amide bonds. The summed E-state index contributed by atoms with van der Waals surface area (Å²) in [6, 6.07) is -0.439. The molecule has 2 aliphatic rings. The van der Waals surface area contributed by atoms with Gasteiger partial charge in [-0.1, -0.05) is 16.7 Å². The molecule has 1 aromatic heterocycles. The molecule has 10 nitrogen and oxygen atoms in total. The van der Waals surface area contributed by atoms with Gasteiger partial charge in [0.15, 0.2) is 11.0 Å². The number of carbonyl (C=O) groups excluding carboxylic acids is 1. The number of aromatic nitrogens is 3. The molecule has 0 aliphatic carbocycles. The van der Waals surface area contributed by atoms with Gasteiger partial charge in [0, 0.05) is 37.6 Å². The largest absolute Gasteiger partial charge is 0.465 e. The summed E-state index contributed by atoms with van der Waals surface area (Å²) in [4.78, 5) is 32.5. The minimum absolute atomic E-state index is 0.0134. The molecule has 2 fully saturated rings. The molecule has 1 N–H and O–H groups in total. The number of carboxylic acid groups (broad SMARTS) is 1. The van der Waals surface area contributed by atoms with Crippen LogP contribution in [-0.4, -0.2) is 86.5 Å². The van der Waals surface area contributed by atoms with Crippen LogP contribution in [0.2, 0.25) is 5.15 Å². The number of rotatable bonds is 6. The molecule has 2 aliphatic heterocycles. The third-order valence-electron chi connectivity index (χ3n) is 7.11. The van der Waals surface area contributed by atoms with Crippen LogP contribution < -0.4 is 9.64 Å². The first-order chi connectivity index (χ1) is 18.2. The van der Waals surface area contributed by atoms with Crippen LogP contribution in [0.15, 0.2) is 18.2 Å². The van der Waals surface area contributed by atoms with Gasteiger partial charge < -0.3 is 24.5 Å². The van der Waals surface area contributed by atoms with E-state index in [0.29, 0.717) is 43.9 Å². The maximum Gasteiger partial charge on any atom is 0.408 e. The lowest BCUT2D eigenvalue weighted by Gasteiger charge is -2.54. The highest BCUT2D eigenvalue weighted by Gasteiger charge is 2.47. The molecule has 0 radical (unpaired) electrons. The number of likely N-dealkylation sites (tertiary alicyclic amines) is 1. The second-order valence-corrected chi connectivity index (χ2v) is 10.5. The Morgan fingerprint density at radius 2 is 1.79 bits per heavy atom. The van der Waals surface area contributed by atoms with Gasteiger partial charge in [-0.15, -0.1) is 5.10 Å². The van der Waals surface area contributed by atoms with E-state index < -0.39 is 41.6 Å². The summed E-state index contributed by atoms with van der Waals surface area (Å²) in [6.45, 7) is 5.65. The van der Waals surface area contributed by atoms with Crippen LogP contribution in [0.25, 0.3) is 0 Å². The van der Waals surface area contributed by atoms with Crippen LogP contribution in [0.3, 0.4) is 0 Å². The predicted octanol–water partition coefficient (Wildman–Crippen LogP) is 4.84. The SMILES string of the molecule is CC(C)N(C(=O)c1cc(F)ccc1Oc1nnc(Cl)c(N2CC3(CCN(C(=O)O)CC3)C2)n1)C(C)C(F)(F)F. The van der Waals surface area contributed by atoms with Gasteiger partial charge in [-0.25, -0.2) is 9.18 Å². The van der Waals surface area contributed by atoms with E-state index in [4.69, 9.17) is 16.3 Å². The second kappa shape index (κ2) is 10.6. The normalized spacial score (nSPS) is 17.7. The van der Waals surface area contributed by atoms with Gasteiger partial charge in [0.05, 0.1) is 5.56 Å². The highest BCUT2D eigenvalue weighted by atomic mass is 35.5. The van der Waals surface area contributed by atoms with E-state index in [1.54, 1.807) is 0 Å². The van der Waals surface area contributed by atoms with Gasteiger partial charge in [-0.05, 0) is 51.8 Å². The lowest BCUT2D eigenvalue weighted by Crippen LogP contribution is -2.61. The molecule has 1 unspecified atom stereocenters. The Balaban J connectivity index is 1.55. The zero-order chi connectivity index (χ0) is 28.7. The lowest BCUT2D eigenvalue weighted by atomic mass is 9.72. The van der Waals surface area contributed by atoms with Crippen molar-refractivity contribution >= 4 is 29.4 Å². The minimum Gasteiger partial charge on any atom is -0.465 e. The maximum absolute atomic E-state index is 14.1. The van der Waals surface area contributed by atoms with Crippen molar-refractivity contribution in [3.05, 3.63) is 34.7 Å². The Morgan fingerprint density at radius 1 is 1.15 bits per heavy atom. The number of ether oxygens (including phenoxy) is 1. The molecule has 3 heterocycles. The summed E-state index contributed by atoms with van der Waals surface area (Å²) in [5.41, 5.74) is -0.527. The number of nitrogens with zero attached hydrogens (tertiary/aromatic N) is 6. The Morgan fingerprint density at radius 3 is 2.36 bits per heavy atom. The van der Waals surface area contributed by atoms with E-state index in [1.165, 1.54) is 18.7 Å². The van der Waals surface area contributed by atoms with Crippen molar-refractivity contribution in [2.45, 2.75) is 51.9 Å². The molecule has 2 aromatic rings. The van der Waals surface area contributed by atoms with E-state index in [1.807, 2.05) is 4.90 Å². The molecule has 2 saturated heterocycles. The zero-order valence-electron chi connectivity index (χ0n) is 21.4. The van der Waals surface area contributed by atoms with Crippen molar-refractivity contribution in [1.82, 2.24) is 25.0 Å². The number of piperidine rings is 1. The van der Waals surface area contributed by atoms with E-state index in [0.717, 1.165) is 25.1 Å². The van der Waals surface area contributed by atoms with E-state index >= 15 is 0 Å². The molecule has 212 valence electrons. The van der Waals surface area contributed by atoms with Crippen LogP contribution in [0.4, 0.5) is 28.2 Å². The molecule has 4 rings (SSSR count). The Kier molecular flexibility index (Phi) is 7.79. The fourth-order valence-corrected chi connectivity index (χ4v) is 5.15. The molecule has 1 aromatic carbocycles. The average molecular weight is 575 g/mol. The summed E-state index contributed by atoms with van der Waals surface area (Å²) in [7, 11) is 0. The Labute approximate surface area is 226 Å². The van der Waals surface area contributed by atoms with Crippen molar-refractivity contribution in [1.29, 1.82) is 0 Å². The first kappa shape index (κ1) is 28.6. The quantitative estimate of drug-likeness (QED) is 0.488. The van der Waals surface area contributed by atoms with E-state index in [-0.39, 0.29) is 28.1 Å². The van der Waals surface area contributed by atoms with E-state index in [9.17, 15) is 32.3 Å². The van der Waals surface area contributed by atoms with Crippen molar-refractivity contribution in [2.24, 2.45) is 5.41 Å². The molecule has 0 bridgehead atoms. The maximum atomic E-state index is 14.1. The molecular formula is C24H27ClF4N6O4. The number of halogens is 5. The fourth-order valence-electron chi connectivity index (χ4n) is 4.95. The number of hydrogen-bond acceptors (Lipinski definition) is 7. The first-order valence-corrected chi connectivity index (χ1v) is 12.6. The highest BCUT2D eigenvalue weighted by molar-refractivity contribution is 6.31. The van der Waals surface area contributed by atoms with Gasteiger partial charge in [-0.2, -0.15) is 18.2 Å². The van der Waals surface area contributed by atoms with Crippen LogP contribution >= 0.6 is 11.6 Å². The number of amides is 2. The standard InChI is InChI=1S/C24H27ClF4N6O4/c1-13(2)35(14(3)24(27,28)29)20(36)16-10-15(26)4-5-17(16)39-21-30-19(18(25)31-32-21)34-11-23(12-34)6-8-33(9-7-23)22(37)38/h4-5,10,13-14H,6-9,11-12H2,1-3H3,(H,37,38). The number of benzene rings is 1. The monoisotopic (exact) mass is 574 g/mol. The van der Waals surface area contributed by atoms with Crippen LogP contribution in [-0.2, 0) is 0 Å². The molecule has 39 heavy (non-hydrogen) atoms. The van der Waals surface area contributed by atoms with Gasteiger partial charge in [0.25, 0.3) is 5.91 Å². The van der Waals surface area contributed by atoms with Crippen LogP contribution in [0, 0.1) is 11.2 Å². The molecular weight excluding hydrogens is 548 g/mol. The number of hydrogen-bond donors (Lipinski definition) is 1. The number of carbonyl (C=O) groups is 2. The minimum atomic E-state index is -4.70. The van der Waals surface area contributed by atoms with Crippen molar-refractivity contribution in [3.8, 4) is 11.8 Å². The summed E-state index contributed by atoms with van der Waals surface area (Å²) in [6.07, 6.45) is -4.29. The Bertz CT molecular complexity index is 1250. The number of alkyl halides is 3. The molecule has 1 spiro atoms. The van der Waals surface area contributed by atoms with Gasteiger partial charge >= 0.3 is 18.3 Å². The predicted molar refractivity (Wildman–Crippen MR) is 132 cm³/mol. The van der Waals surface area contributed by atoms with Gasteiger partial charge in [0.2, 0.25) is 0 Å². The molecule has 0 saturated carbocycles. The third kappa shape index (κ3) is 5.94. The summed E-state index contributed by atoms with van der Waals surface area (Å²) in [5.74, 6) is -1.93. The van der Waals surface area contributed by atoms with Crippen LogP contribution in [0.5, 0.6) is 11.8 Å². The summed E-state index contributed by atoms with van der Waals surface area (Å²) in [5, 5.41) is 16.8. The number of anilines is 1. The third-order valence-corrected chi connectivity index (χ3v) is 7.36. The van der Waals surface area contributed by atoms with Gasteiger partial charge in [-0.3, -0.25) is 4.79 Å². The van der Waals surface area contributed by atoms with Gasteiger partial charge in [0.1, 0.15) is 17.6 Å². The highest BCUT2D eigenvalue weighted by Crippen LogP contribution is 2.43. The van der Waals surface area contributed by atoms with Crippen LogP contribution in [0.1, 0.15) is 44.0 Å². The van der Waals surface area contributed by atoms with Crippen molar-refractivity contribution in [3.63, 3.8) is 0 Å². The fraction of sp³-hybridized carbons (Fsp3) is 0.542. The second-order valence-electron chi connectivity index (χ2n) is 10.1. The average Bonchev–Trinajstić information content (AvgIpc) is 2.84. The smallest absolute Gasteiger partial charge is 0.408 e. The van der Waals surface area contributed by atoms with Crippen molar-refractivity contribution in [2.75, 3.05) is 31.1 Å².